The Morgan fingerprint density at radius 1 is 1.19 bits per heavy atom. The van der Waals surface area contributed by atoms with Crippen LogP contribution in [0.2, 0.25) is 0 Å². The minimum atomic E-state index is 0. The van der Waals surface area contributed by atoms with Crippen molar-refractivity contribution in [2.75, 3.05) is 26.9 Å². The maximum absolute atomic E-state index is 6.16. The molecule has 1 saturated heterocycles. The van der Waals surface area contributed by atoms with E-state index >= 15 is 0 Å². The van der Waals surface area contributed by atoms with Gasteiger partial charge in [0.2, 0.25) is 0 Å². The van der Waals surface area contributed by atoms with Crippen molar-refractivity contribution in [3.63, 3.8) is 0 Å². The molecule has 1 unspecified atom stereocenters. The number of aromatic nitrogens is 2. The molecule has 2 aromatic rings. The van der Waals surface area contributed by atoms with Gasteiger partial charge in [-0.1, -0.05) is 25.0 Å². The average Bonchev–Trinajstić information content (AvgIpc) is 3.55. The van der Waals surface area contributed by atoms with E-state index in [1.54, 1.807) is 7.05 Å². The average molecular weight is 553 g/mol. The first-order chi connectivity index (χ1) is 15.2. The zero-order valence-corrected chi connectivity index (χ0v) is 21.5. The van der Waals surface area contributed by atoms with Crippen LogP contribution in [0.25, 0.3) is 0 Å². The van der Waals surface area contributed by atoms with E-state index in [1.165, 1.54) is 31.2 Å². The molecule has 1 aliphatic heterocycles. The molecule has 176 valence electrons. The lowest BCUT2D eigenvalue weighted by atomic mass is 10.1. The van der Waals surface area contributed by atoms with Crippen molar-refractivity contribution in [3.8, 4) is 5.75 Å². The van der Waals surface area contributed by atoms with Gasteiger partial charge in [0.15, 0.2) is 5.96 Å². The lowest BCUT2D eigenvalue weighted by molar-refractivity contribution is 0.166. The molecular weight excluding hydrogens is 517 g/mol. The molecule has 7 nitrogen and oxygen atoms in total. The molecule has 2 heterocycles. The summed E-state index contributed by atoms with van der Waals surface area (Å²) in [4.78, 5) is 4.36. The van der Waals surface area contributed by atoms with Crippen molar-refractivity contribution >= 4 is 29.9 Å². The monoisotopic (exact) mass is 553 g/mol. The summed E-state index contributed by atoms with van der Waals surface area (Å²) in [5.74, 6) is 2.18. The molecule has 0 amide bonds. The number of aliphatic imine (C=N–C) groups is 1. The Morgan fingerprint density at radius 3 is 2.75 bits per heavy atom. The van der Waals surface area contributed by atoms with Gasteiger partial charge in [0.05, 0.1) is 31.5 Å². The number of ether oxygens (including phenoxy) is 2. The first kappa shape index (κ1) is 24.8. The second kappa shape index (κ2) is 12.4. The van der Waals surface area contributed by atoms with Crippen LogP contribution in [0.15, 0.2) is 35.5 Å². The van der Waals surface area contributed by atoms with Gasteiger partial charge in [-0.3, -0.25) is 9.67 Å². The summed E-state index contributed by atoms with van der Waals surface area (Å²) >= 11 is 0. The highest BCUT2D eigenvalue weighted by Gasteiger charge is 2.18. The summed E-state index contributed by atoms with van der Waals surface area (Å²) in [6, 6.07) is 9.02. The van der Waals surface area contributed by atoms with Crippen molar-refractivity contribution in [2.24, 2.45) is 10.9 Å². The molecule has 1 aliphatic carbocycles. The van der Waals surface area contributed by atoms with Gasteiger partial charge in [-0.15, -0.1) is 24.0 Å². The Kier molecular flexibility index (Phi) is 9.65. The van der Waals surface area contributed by atoms with Crippen LogP contribution in [0, 0.1) is 12.8 Å². The topological polar surface area (TPSA) is 72.7 Å². The highest BCUT2D eigenvalue weighted by atomic mass is 127. The highest BCUT2D eigenvalue weighted by Crippen LogP contribution is 2.28. The lowest BCUT2D eigenvalue weighted by Gasteiger charge is -2.16. The van der Waals surface area contributed by atoms with Gasteiger partial charge >= 0.3 is 0 Å². The Bertz CT molecular complexity index is 873. The number of guanidine groups is 1. The normalized spacial score (nSPS) is 19.1. The maximum atomic E-state index is 6.16. The fourth-order valence-corrected chi connectivity index (χ4v) is 4.28. The third-order valence-electron chi connectivity index (χ3n) is 6.19. The second-order valence-corrected chi connectivity index (χ2v) is 8.66. The Balaban J connectivity index is 0.00000289. The molecule has 1 aromatic heterocycles. The van der Waals surface area contributed by atoms with E-state index in [4.69, 9.17) is 14.6 Å². The van der Waals surface area contributed by atoms with E-state index < -0.39 is 0 Å². The summed E-state index contributed by atoms with van der Waals surface area (Å²) in [5, 5.41) is 11.5. The first-order valence-electron chi connectivity index (χ1n) is 11.5. The number of nitrogens with one attached hydrogen (secondary N) is 2. The van der Waals surface area contributed by atoms with Gasteiger partial charge in [-0.2, -0.15) is 5.10 Å². The van der Waals surface area contributed by atoms with Crippen LogP contribution in [0.4, 0.5) is 0 Å². The summed E-state index contributed by atoms with van der Waals surface area (Å²) < 4.78 is 13.7. The van der Waals surface area contributed by atoms with Crippen LogP contribution < -0.4 is 15.4 Å². The summed E-state index contributed by atoms with van der Waals surface area (Å²) in [6.45, 7) is 5.73. The standard InChI is InChI=1S/C24H35N5O2.HI/c1-18-7-8-20(23(13-18)31-17-19-10-12-30-16-19)14-26-24(25-2)27-15-21-9-11-29(28-21)22-5-3-4-6-22;/h7-9,11,13,19,22H,3-6,10,12,14-17H2,1-2H3,(H2,25,26,27);1H. The van der Waals surface area contributed by atoms with Gasteiger partial charge in [-0.25, -0.2) is 0 Å². The molecule has 0 bridgehead atoms. The highest BCUT2D eigenvalue weighted by molar-refractivity contribution is 14.0. The Hall–Kier alpha value is -1.81. The molecule has 0 spiro atoms. The van der Waals surface area contributed by atoms with Crippen molar-refractivity contribution in [2.45, 2.75) is 58.2 Å². The molecule has 2 fully saturated rings. The summed E-state index contributed by atoms with van der Waals surface area (Å²) in [6.07, 6.45) is 8.29. The third kappa shape index (κ3) is 6.84. The summed E-state index contributed by atoms with van der Waals surface area (Å²) in [5.41, 5.74) is 3.35. The van der Waals surface area contributed by atoms with Gasteiger partial charge in [0.25, 0.3) is 0 Å². The van der Waals surface area contributed by atoms with Gasteiger partial charge in [0.1, 0.15) is 5.75 Å². The van der Waals surface area contributed by atoms with E-state index in [9.17, 15) is 0 Å². The molecule has 4 rings (SSSR count). The van der Waals surface area contributed by atoms with Gasteiger partial charge < -0.3 is 20.1 Å². The second-order valence-electron chi connectivity index (χ2n) is 8.66. The molecule has 1 saturated carbocycles. The van der Waals surface area contributed by atoms with Crippen LogP contribution in [0.5, 0.6) is 5.75 Å². The number of hydrogen-bond donors (Lipinski definition) is 2. The molecule has 2 N–H and O–H groups in total. The predicted octanol–water partition coefficient (Wildman–Crippen LogP) is 4.21. The first-order valence-corrected chi connectivity index (χ1v) is 11.5. The number of rotatable bonds is 8. The number of halogens is 1. The smallest absolute Gasteiger partial charge is 0.191 e. The number of hydrogen-bond acceptors (Lipinski definition) is 4. The van der Waals surface area contributed by atoms with E-state index in [2.05, 4.69) is 57.7 Å². The van der Waals surface area contributed by atoms with E-state index in [1.807, 2.05) is 0 Å². The van der Waals surface area contributed by atoms with E-state index in [0.29, 0.717) is 31.7 Å². The molecule has 8 heteroatoms. The van der Waals surface area contributed by atoms with Crippen LogP contribution in [0.1, 0.15) is 55.0 Å². The Morgan fingerprint density at radius 2 is 2.00 bits per heavy atom. The summed E-state index contributed by atoms with van der Waals surface area (Å²) in [7, 11) is 1.79. The van der Waals surface area contributed by atoms with Crippen LogP contribution in [-0.4, -0.2) is 42.6 Å². The molecule has 2 aliphatic rings. The van der Waals surface area contributed by atoms with Crippen LogP contribution in [-0.2, 0) is 17.8 Å². The quantitative estimate of drug-likeness (QED) is 0.291. The minimum absolute atomic E-state index is 0. The largest absolute Gasteiger partial charge is 0.493 e. The van der Waals surface area contributed by atoms with E-state index in [-0.39, 0.29) is 24.0 Å². The Labute approximate surface area is 208 Å². The van der Waals surface area contributed by atoms with Crippen LogP contribution >= 0.6 is 24.0 Å². The molecule has 0 radical (unpaired) electrons. The molecule has 1 atom stereocenters. The molecule has 32 heavy (non-hydrogen) atoms. The van der Waals surface area contributed by atoms with Crippen molar-refractivity contribution < 1.29 is 9.47 Å². The van der Waals surface area contributed by atoms with Gasteiger partial charge in [-0.05, 0) is 43.9 Å². The van der Waals surface area contributed by atoms with Crippen LogP contribution in [0.3, 0.4) is 0 Å². The fourth-order valence-electron chi connectivity index (χ4n) is 4.28. The maximum Gasteiger partial charge on any atom is 0.191 e. The third-order valence-corrected chi connectivity index (χ3v) is 6.19. The molecular formula is C24H36IN5O2. The number of aryl methyl sites for hydroxylation is 1. The van der Waals surface area contributed by atoms with Crippen molar-refractivity contribution in [1.82, 2.24) is 20.4 Å². The van der Waals surface area contributed by atoms with Gasteiger partial charge in [0, 0.05) is 37.9 Å². The number of benzene rings is 1. The lowest BCUT2D eigenvalue weighted by Crippen LogP contribution is -2.36. The fraction of sp³-hybridized carbons (Fsp3) is 0.583. The molecule has 1 aromatic carbocycles. The predicted molar refractivity (Wildman–Crippen MR) is 138 cm³/mol. The van der Waals surface area contributed by atoms with Crippen molar-refractivity contribution in [1.29, 1.82) is 0 Å². The SMILES string of the molecule is CN=C(NCc1ccn(C2CCCC2)n1)NCc1ccc(C)cc1OCC1CCOC1.I. The zero-order chi connectivity index (χ0) is 21.5. The number of nitrogens with zero attached hydrogens (tertiary/aromatic N) is 3. The zero-order valence-electron chi connectivity index (χ0n) is 19.2. The van der Waals surface area contributed by atoms with Crippen molar-refractivity contribution in [3.05, 3.63) is 47.3 Å². The minimum Gasteiger partial charge on any atom is -0.493 e. The van der Waals surface area contributed by atoms with E-state index in [0.717, 1.165) is 42.6 Å².